The molecule has 2 nitrogen and oxygen atoms in total. The third-order valence-corrected chi connectivity index (χ3v) is 4.62. The van der Waals surface area contributed by atoms with Crippen molar-refractivity contribution in [2.45, 2.75) is 32.4 Å². The van der Waals surface area contributed by atoms with Gasteiger partial charge < -0.3 is 5.73 Å². The summed E-state index contributed by atoms with van der Waals surface area (Å²) in [5.74, 6) is 3.31. The Morgan fingerprint density at radius 3 is 2.73 bits per heavy atom. The summed E-state index contributed by atoms with van der Waals surface area (Å²) in [6.07, 6.45) is 0. The van der Waals surface area contributed by atoms with Gasteiger partial charge in [-0.1, -0.05) is 20.8 Å². The fourth-order valence-electron chi connectivity index (χ4n) is 1.09. The van der Waals surface area contributed by atoms with E-state index in [1.54, 1.807) is 11.3 Å². The lowest BCUT2D eigenvalue weighted by Gasteiger charge is -2.06. The standard InChI is InChI=1S/C11H20N2S2/c1-8(2)11-13-10(7-15-11)6-14-5-9(3)4-12/h7-9H,4-6,12H2,1-3H3. The third-order valence-electron chi connectivity index (χ3n) is 2.12. The van der Waals surface area contributed by atoms with E-state index in [0.717, 1.165) is 18.1 Å². The van der Waals surface area contributed by atoms with Gasteiger partial charge in [-0.2, -0.15) is 11.8 Å². The van der Waals surface area contributed by atoms with Gasteiger partial charge in [-0.25, -0.2) is 4.98 Å². The van der Waals surface area contributed by atoms with Crippen molar-refractivity contribution < 1.29 is 0 Å². The first-order valence-corrected chi connectivity index (χ1v) is 7.39. The average Bonchev–Trinajstić information content (AvgIpc) is 2.66. The molecule has 0 aliphatic heterocycles. The molecule has 2 N–H and O–H groups in total. The quantitative estimate of drug-likeness (QED) is 0.836. The van der Waals surface area contributed by atoms with Crippen LogP contribution in [0.5, 0.6) is 0 Å². The van der Waals surface area contributed by atoms with Crippen LogP contribution in [0.25, 0.3) is 0 Å². The summed E-state index contributed by atoms with van der Waals surface area (Å²) in [6, 6.07) is 0. The van der Waals surface area contributed by atoms with Crippen LogP contribution in [-0.2, 0) is 5.75 Å². The summed E-state index contributed by atoms with van der Waals surface area (Å²) in [6.45, 7) is 7.34. The van der Waals surface area contributed by atoms with Gasteiger partial charge in [-0.05, 0) is 18.2 Å². The van der Waals surface area contributed by atoms with Gasteiger partial charge in [0.15, 0.2) is 0 Å². The highest BCUT2D eigenvalue weighted by Gasteiger charge is 2.06. The van der Waals surface area contributed by atoms with Crippen LogP contribution in [0.3, 0.4) is 0 Å². The van der Waals surface area contributed by atoms with Crippen molar-refractivity contribution in [3.05, 3.63) is 16.1 Å². The van der Waals surface area contributed by atoms with E-state index in [-0.39, 0.29) is 0 Å². The third kappa shape index (κ3) is 4.53. The van der Waals surface area contributed by atoms with Gasteiger partial charge in [0.1, 0.15) is 0 Å². The normalized spacial score (nSPS) is 13.4. The fraction of sp³-hybridized carbons (Fsp3) is 0.727. The summed E-state index contributed by atoms with van der Waals surface area (Å²) in [7, 11) is 0. The zero-order valence-electron chi connectivity index (χ0n) is 9.69. The number of thioether (sulfide) groups is 1. The molecule has 15 heavy (non-hydrogen) atoms. The summed E-state index contributed by atoms with van der Waals surface area (Å²) >= 11 is 3.70. The van der Waals surface area contributed by atoms with Crippen LogP contribution in [0.1, 0.15) is 37.4 Å². The molecule has 1 atom stereocenters. The Labute approximate surface area is 101 Å². The van der Waals surface area contributed by atoms with E-state index in [1.807, 2.05) is 11.8 Å². The number of rotatable bonds is 6. The van der Waals surface area contributed by atoms with Gasteiger partial charge in [-0.3, -0.25) is 0 Å². The van der Waals surface area contributed by atoms with E-state index < -0.39 is 0 Å². The SMILES string of the molecule is CC(CN)CSCc1csc(C(C)C)n1. The molecule has 0 saturated heterocycles. The minimum absolute atomic E-state index is 0.553. The van der Waals surface area contributed by atoms with Crippen molar-refractivity contribution in [2.24, 2.45) is 11.7 Å². The molecule has 1 unspecified atom stereocenters. The molecule has 0 aromatic carbocycles. The van der Waals surface area contributed by atoms with Gasteiger partial charge in [0.25, 0.3) is 0 Å². The van der Waals surface area contributed by atoms with Crippen molar-refractivity contribution >= 4 is 23.1 Å². The van der Waals surface area contributed by atoms with Crippen LogP contribution >= 0.6 is 23.1 Å². The Hall–Kier alpha value is -0.0600. The van der Waals surface area contributed by atoms with Crippen molar-refractivity contribution in [1.82, 2.24) is 4.98 Å². The van der Waals surface area contributed by atoms with E-state index in [9.17, 15) is 0 Å². The predicted molar refractivity (Wildman–Crippen MR) is 70.6 cm³/mol. The molecule has 0 aliphatic carbocycles. The first-order valence-electron chi connectivity index (χ1n) is 5.35. The predicted octanol–water partition coefficient (Wildman–Crippen LogP) is 3.09. The van der Waals surface area contributed by atoms with E-state index in [4.69, 9.17) is 5.73 Å². The summed E-state index contributed by atoms with van der Waals surface area (Å²) in [5, 5.41) is 3.42. The zero-order chi connectivity index (χ0) is 11.3. The Balaban J connectivity index is 2.31. The van der Waals surface area contributed by atoms with E-state index in [2.05, 4.69) is 31.1 Å². The number of hydrogen-bond acceptors (Lipinski definition) is 4. The van der Waals surface area contributed by atoms with Gasteiger partial charge in [0.05, 0.1) is 10.7 Å². The van der Waals surface area contributed by atoms with E-state index >= 15 is 0 Å². The largest absolute Gasteiger partial charge is 0.330 e. The first kappa shape index (κ1) is 13.0. The van der Waals surface area contributed by atoms with Gasteiger partial charge >= 0.3 is 0 Å². The molecule has 1 rings (SSSR count). The van der Waals surface area contributed by atoms with Crippen molar-refractivity contribution in [3.63, 3.8) is 0 Å². The molecule has 1 aromatic heterocycles. The molecule has 0 radical (unpaired) electrons. The minimum atomic E-state index is 0.553. The fourth-order valence-corrected chi connectivity index (χ4v) is 3.04. The van der Waals surface area contributed by atoms with E-state index in [0.29, 0.717) is 11.8 Å². The van der Waals surface area contributed by atoms with Crippen molar-refractivity contribution in [2.75, 3.05) is 12.3 Å². The molecule has 4 heteroatoms. The Bertz CT molecular complexity index is 284. The Morgan fingerprint density at radius 1 is 1.47 bits per heavy atom. The maximum Gasteiger partial charge on any atom is 0.0954 e. The van der Waals surface area contributed by atoms with Crippen LogP contribution in [0, 0.1) is 5.92 Å². The molecule has 0 amide bonds. The molecule has 0 saturated carbocycles. The lowest BCUT2D eigenvalue weighted by molar-refractivity contribution is 0.675. The average molecular weight is 244 g/mol. The zero-order valence-corrected chi connectivity index (χ0v) is 11.3. The maximum atomic E-state index is 5.57. The molecule has 86 valence electrons. The Kier molecular flexibility index (Phi) is 5.64. The number of nitrogens with zero attached hydrogens (tertiary/aromatic N) is 1. The van der Waals surface area contributed by atoms with Gasteiger partial charge in [-0.15, -0.1) is 11.3 Å². The van der Waals surface area contributed by atoms with Crippen molar-refractivity contribution in [3.8, 4) is 0 Å². The van der Waals surface area contributed by atoms with Crippen LogP contribution in [0.4, 0.5) is 0 Å². The van der Waals surface area contributed by atoms with Crippen LogP contribution in [0.2, 0.25) is 0 Å². The van der Waals surface area contributed by atoms with Gasteiger partial charge in [0.2, 0.25) is 0 Å². The lowest BCUT2D eigenvalue weighted by atomic mass is 10.2. The topological polar surface area (TPSA) is 38.9 Å². The Morgan fingerprint density at radius 2 is 2.20 bits per heavy atom. The second-order valence-corrected chi connectivity index (χ2v) is 6.11. The molecular weight excluding hydrogens is 224 g/mol. The number of hydrogen-bond donors (Lipinski definition) is 1. The number of nitrogens with two attached hydrogens (primary N) is 1. The number of thiazole rings is 1. The number of aromatic nitrogens is 1. The summed E-state index contributed by atoms with van der Waals surface area (Å²) in [4.78, 5) is 4.60. The highest BCUT2D eigenvalue weighted by molar-refractivity contribution is 7.98. The first-order chi connectivity index (χ1) is 7.13. The summed E-state index contributed by atoms with van der Waals surface area (Å²) < 4.78 is 0. The highest BCUT2D eigenvalue weighted by atomic mass is 32.2. The van der Waals surface area contributed by atoms with Crippen molar-refractivity contribution in [1.29, 1.82) is 0 Å². The van der Waals surface area contributed by atoms with Crippen LogP contribution in [-0.4, -0.2) is 17.3 Å². The molecule has 1 heterocycles. The maximum absolute atomic E-state index is 5.57. The molecule has 0 aliphatic rings. The molecule has 0 fully saturated rings. The minimum Gasteiger partial charge on any atom is -0.330 e. The molecule has 0 spiro atoms. The second kappa shape index (κ2) is 6.51. The smallest absolute Gasteiger partial charge is 0.0954 e. The molecule has 0 bridgehead atoms. The molecule has 1 aromatic rings. The summed E-state index contributed by atoms with van der Waals surface area (Å²) in [5.41, 5.74) is 6.79. The monoisotopic (exact) mass is 244 g/mol. The van der Waals surface area contributed by atoms with E-state index in [1.165, 1.54) is 10.7 Å². The molecular formula is C11H20N2S2. The van der Waals surface area contributed by atoms with Crippen LogP contribution < -0.4 is 5.73 Å². The highest BCUT2D eigenvalue weighted by Crippen LogP contribution is 2.22. The van der Waals surface area contributed by atoms with Crippen LogP contribution in [0.15, 0.2) is 5.38 Å². The van der Waals surface area contributed by atoms with Gasteiger partial charge in [0, 0.05) is 17.1 Å². The second-order valence-electron chi connectivity index (χ2n) is 4.19. The lowest BCUT2D eigenvalue weighted by Crippen LogP contribution is -2.12.